The standard InChI is InChI=1S/C9H18N4/c1-3-4-8-11-9(13-12-8)7(2)5-6-10/h7H,3-6,10H2,1-2H3,(H,11,12,13). The van der Waals surface area contributed by atoms with E-state index in [4.69, 9.17) is 5.73 Å². The van der Waals surface area contributed by atoms with Gasteiger partial charge >= 0.3 is 0 Å². The Hall–Kier alpha value is -0.900. The minimum atomic E-state index is 0.367. The molecule has 3 N–H and O–H groups in total. The summed E-state index contributed by atoms with van der Waals surface area (Å²) in [5.74, 6) is 2.25. The third-order valence-corrected chi connectivity index (χ3v) is 2.08. The molecule has 0 aliphatic heterocycles. The van der Waals surface area contributed by atoms with Crippen molar-refractivity contribution >= 4 is 0 Å². The van der Waals surface area contributed by atoms with Gasteiger partial charge in [-0.25, -0.2) is 4.98 Å². The van der Waals surface area contributed by atoms with Gasteiger partial charge < -0.3 is 5.73 Å². The average Bonchev–Trinajstić information content (AvgIpc) is 2.54. The van der Waals surface area contributed by atoms with Crippen LogP contribution in [-0.2, 0) is 6.42 Å². The van der Waals surface area contributed by atoms with Crippen molar-refractivity contribution in [2.75, 3.05) is 6.54 Å². The summed E-state index contributed by atoms with van der Waals surface area (Å²) in [6, 6.07) is 0. The largest absolute Gasteiger partial charge is 0.330 e. The smallest absolute Gasteiger partial charge is 0.153 e. The van der Waals surface area contributed by atoms with Crippen LogP contribution in [0, 0.1) is 0 Å². The zero-order chi connectivity index (χ0) is 9.68. The number of nitrogens with two attached hydrogens (primary N) is 1. The second-order valence-corrected chi connectivity index (χ2v) is 3.37. The Morgan fingerprint density at radius 2 is 2.31 bits per heavy atom. The molecule has 1 aromatic heterocycles. The number of H-pyrrole nitrogens is 1. The summed E-state index contributed by atoms with van der Waals surface area (Å²) >= 11 is 0. The lowest BCUT2D eigenvalue weighted by molar-refractivity contribution is 0.649. The molecule has 4 nitrogen and oxygen atoms in total. The van der Waals surface area contributed by atoms with Crippen LogP contribution in [0.2, 0.25) is 0 Å². The molecule has 1 aromatic rings. The van der Waals surface area contributed by atoms with E-state index in [1.165, 1.54) is 0 Å². The van der Waals surface area contributed by atoms with Crippen molar-refractivity contribution in [3.63, 3.8) is 0 Å². The zero-order valence-corrected chi connectivity index (χ0v) is 8.38. The Labute approximate surface area is 78.9 Å². The summed E-state index contributed by atoms with van der Waals surface area (Å²) in [5, 5.41) is 7.11. The van der Waals surface area contributed by atoms with Gasteiger partial charge in [-0.15, -0.1) is 0 Å². The fourth-order valence-electron chi connectivity index (χ4n) is 1.26. The Kier molecular flexibility index (Phi) is 3.89. The van der Waals surface area contributed by atoms with Gasteiger partial charge in [-0.3, -0.25) is 5.10 Å². The van der Waals surface area contributed by atoms with Crippen molar-refractivity contribution in [1.29, 1.82) is 0 Å². The quantitative estimate of drug-likeness (QED) is 0.719. The van der Waals surface area contributed by atoms with Crippen LogP contribution in [0.15, 0.2) is 0 Å². The average molecular weight is 182 g/mol. The lowest BCUT2D eigenvalue weighted by Gasteiger charge is -2.02. The molecule has 0 saturated heterocycles. The van der Waals surface area contributed by atoms with Gasteiger partial charge in [-0.1, -0.05) is 13.8 Å². The predicted octanol–water partition coefficient (Wildman–Crippen LogP) is 1.21. The highest BCUT2D eigenvalue weighted by Gasteiger charge is 2.09. The first kappa shape index (κ1) is 10.2. The second-order valence-electron chi connectivity index (χ2n) is 3.37. The molecule has 0 aliphatic rings. The van der Waals surface area contributed by atoms with E-state index in [1.807, 2.05) is 0 Å². The molecule has 0 aromatic carbocycles. The molecule has 4 heteroatoms. The molecule has 0 fully saturated rings. The topological polar surface area (TPSA) is 67.6 Å². The normalized spacial score (nSPS) is 13.2. The fourth-order valence-corrected chi connectivity index (χ4v) is 1.26. The molecule has 1 rings (SSSR count). The van der Waals surface area contributed by atoms with Gasteiger partial charge in [0.2, 0.25) is 0 Å². The number of aromatic amines is 1. The van der Waals surface area contributed by atoms with Crippen molar-refractivity contribution in [2.45, 2.75) is 39.0 Å². The van der Waals surface area contributed by atoms with E-state index in [-0.39, 0.29) is 0 Å². The third kappa shape index (κ3) is 2.81. The summed E-state index contributed by atoms with van der Waals surface area (Å²) in [7, 11) is 0. The molecule has 1 heterocycles. The van der Waals surface area contributed by atoms with Crippen molar-refractivity contribution in [1.82, 2.24) is 15.2 Å². The van der Waals surface area contributed by atoms with Gasteiger partial charge in [0.25, 0.3) is 0 Å². The van der Waals surface area contributed by atoms with Crippen LogP contribution in [0.25, 0.3) is 0 Å². The highest BCUT2D eigenvalue weighted by atomic mass is 15.2. The molecule has 74 valence electrons. The number of aromatic nitrogens is 3. The van der Waals surface area contributed by atoms with Crippen molar-refractivity contribution in [3.8, 4) is 0 Å². The maximum Gasteiger partial charge on any atom is 0.153 e. The lowest BCUT2D eigenvalue weighted by Crippen LogP contribution is -2.05. The van der Waals surface area contributed by atoms with Crippen LogP contribution >= 0.6 is 0 Å². The Morgan fingerprint density at radius 1 is 1.54 bits per heavy atom. The van der Waals surface area contributed by atoms with E-state index in [9.17, 15) is 0 Å². The van der Waals surface area contributed by atoms with E-state index in [2.05, 4.69) is 29.0 Å². The number of aryl methyl sites for hydroxylation is 1. The van der Waals surface area contributed by atoms with Crippen molar-refractivity contribution in [2.24, 2.45) is 5.73 Å². The Balaban J connectivity index is 2.56. The summed E-state index contributed by atoms with van der Waals surface area (Å²) in [6.45, 7) is 4.93. The van der Waals surface area contributed by atoms with Gasteiger partial charge in [-0.05, 0) is 19.4 Å². The van der Waals surface area contributed by atoms with Crippen molar-refractivity contribution < 1.29 is 0 Å². The number of hydrogen-bond donors (Lipinski definition) is 2. The second kappa shape index (κ2) is 4.97. The first-order valence-electron chi connectivity index (χ1n) is 4.89. The van der Waals surface area contributed by atoms with E-state index >= 15 is 0 Å². The molecule has 0 bridgehead atoms. The highest BCUT2D eigenvalue weighted by molar-refractivity contribution is 4.96. The highest BCUT2D eigenvalue weighted by Crippen LogP contribution is 2.13. The number of rotatable bonds is 5. The zero-order valence-electron chi connectivity index (χ0n) is 8.38. The minimum absolute atomic E-state index is 0.367. The van der Waals surface area contributed by atoms with E-state index < -0.39 is 0 Å². The number of hydrogen-bond acceptors (Lipinski definition) is 3. The fraction of sp³-hybridized carbons (Fsp3) is 0.778. The van der Waals surface area contributed by atoms with Crippen LogP contribution in [0.4, 0.5) is 0 Å². The van der Waals surface area contributed by atoms with E-state index in [0.29, 0.717) is 12.5 Å². The molecule has 0 spiro atoms. The Bertz CT molecular complexity index is 244. The van der Waals surface area contributed by atoms with Crippen LogP contribution < -0.4 is 5.73 Å². The van der Waals surface area contributed by atoms with Gasteiger partial charge in [0.05, 0.1) is 0 Å². The number of nitrogens with zero attached hydrogens (tertiary/aromatic N) is 2. The molecule has 1 unspecified atom stereocenters. The Morgan fingerprint density at radius 3 is 2.92 bits per heavy atom. The van der Waals surface area contributed by atoms with Crippen LogP contribution in [0.3, 0.4) is 0 Å². The summed E-state index contributed by atoms with van der Waals surface area (Å²) in [5.41, 5.74) is 5.47. The summed E-state index contributed by atoms with van der Waals surface area (Å²) in [6.07, 6.45) is 3.02. The van der Waals surface area contributed by atoms with Gasteiger partial charge in [0.15, 0.2) is 5.82 Å². The van der Waals surface area contributed by atoms with Crippen LogP contribution in [0.5, 0.6) is 0 Å². The summed E-state index contributed by atoms with van der Waals surface area (Å²) in [4.78, 5) is 4.40. The molecular weight excluding hydrogens is 164 g/mol. The molecular formula is C9H18N4. The van der Waals surface area contributed by atoms with Crippen molar-refractivity contribution in [3.05, 3.63) is 11.6 Å². The first-order chi connectivity index (χ1) is 6.27. The van der Waals surface area contributed by atoms with Crippen LogP contribution in [0.1, 0.15) is 44.3 Å². The first-order valence-corrected chi connectivity index (χ1v) is 4.89. The third-order valence-electron chi connectivity index (χ3n) is 2.08. The van der Waals surface area contributed by atoms with Crippen LogP contribution in [-0.4, -0.2) is 21.7 Å². The van der Waals surface area contributed by atoms with Gasteiger partial charge in [-0.2, -0.15) is 5.10 Å². The van der Waals surface area contributed by atoms with Gasteiger partial charge in [0.1, 0.15) is 5.82 Å². The molecule has 0 amide bonds. The maximum atomic E-state index is 5.47. The SMILES string of the molecule is CCCc1nc(C(C)CCN)n[nH]1. The molecule has 13 heavy (non-hydrogen) atoms. The predicted molar refractivity (Wildman–Crippen MR) is 52.5 cm³/mol. The minimum Gasteiger partial charge on any atom is -0.330 e. The van der Waals surface area contributed by atoms with Gasteiger partial charge in [0, 0.05) is 12.3 Å². The monoisotopic (exact) mass is 182 g/mol. The molecule has 0 radical (unpaired) electrons. The maximum absolute atomic E-state index is 5.47. The molecule has 0 aliphatic carbocycles. The summed E-state index contributed by atoms with van der Waals surface area (Å²) < 4.78 is 0. The van der Waals surface area contributed by atoms with E-state index in [0.717, 1.165) is 30.9 Å². The number of nitrogens with one attached hydrogen (secondary N) is 1. The molecule has 0 saturated carbocycles. The lowest BCUT2D eigenvalue weighted by atomic mass is 10.1. The molecule has 1 atom stereocenters. The van der Waals surface area contributed by atoms with E-state index in [1.54, 1.807) is 0 Å².